The van der Waals surface area contributed by atoms with Crippen LogP contribution in [0.4, 0.5) is 9.52 Å². The van der Waals surface area contributed by atoms with Gasteiger partial charge in [0.15, 0.2) is 5.13 Å². The molecule has 0 bridgehead atoms. The molecule has 7 heteroatoms. The highest BCUT2D eigenvalue weighted by atomic mass is 32.1. The normalized spacial score (nSPS) is 15.0. The number of morpholine rings is 1. The SMILES string of the molecule is O=C(c1ccccc1)N(CCC[NH+]1CCOCC1)c1nc2c(F)cccc2s1. The maximum atomic E-state index is 14.1. The van der Waals surface area contributed by atoms with Crippen LogP contribution in [0.1, 0.15) is 16.8 Å². The molecule has 2 aromatic carbocycles. The van der Waals surface area contributed by atoms with Gasteiger partial charge in [0.05, 0.1) is 24.5 Å². The van der Waals surface area contributed by atoms with E-state index in [1.54, 1.807) is 23.1 Å². The van der Waals surface area contributed by atoms with Crippen LogP contribution in [0.2, 0.25) is 0 Å². The molecule has 0 atom stereocenters. The quantitative estimate of drug-likeness (QED) is 0.691. The van der Waals surface area contributed by atoms with Crippen LogP contribution < -0.4 is 9.80 Å². The second-order valence-electron chi connectivity index (χ2n) is 6.87. The lowest BCUT2D eigenvalue weighted by Crippen LogP contribution is -3.14. The van der Waals surface area contributed by atoms with E-state index in [-0.39, 0.29) is 11.7 Å². The van der Waals surface area contributed by atoms with Gasteiger partial charge < -0.3 is 9.64 Å². The molecule has 2 heterocycles. The van der Waals surface area contributed by atoms with E-state index in [9.17, 15) is 9.18 Å². The maximum absolute atomic E-state index is 14.1. The summed E-state index contributed by atoms with van der Waals surface area (Å²) in [4.78, 5) is 20.8. The number of benzene rings is 2. The van der Waals surface area contributed by atoms with Gasteiger partial charge in [0, 0.05) is 18.5 Å². The fraction of sp³-hybridized carbons (Fsp3) is 0.333. The second kappa shape index (κ2) is 8.77. The summed E-state index contributed by atoms with van der Waals surface area (Å²) in [6, 6.07) is 14.1. The van der Waals surface area contributed by atoms with Crippen molar-refractivity contribution in [3.63, 3.8) is 0 Å². The van der Waals surface area contributed by atoms with Crippen LogP contribution >= 0.6 is 11.3 Å². The molecule has 0 radical (unpaired) electrons. The first-order valence-corrected chi connectivity index (χ1v) is 10.4. The fourth-order valence-electron chi connectivity index (χ4n) is 3.44. The lowest BCUT2D eigenvalue weighted by molar-refractivity contribution is -0.908. The Bertz CT molecular complexity index is 941. The first kappa shape index (κ1) is 19.0. The Hall–Kier alpha value is -2.35. The van der Waals surface area contributed by atoms with Crippen LogP contribution in [0.15, 0.2) is 48.5 Å². The average Bonchev–Trinajstić information content (AvgIpc) is 3.17. The Kier molecular flexibility index (Phi) is 5.95. The van der Waals surface area contributed by atoms with Crippen molar-refractivity contribution in [1.29, 1.82) is 0 Å². The van der Waals surface area contributed by atoms with Crippen molar-refractivity contribution in [2.24, 2.45) is 0 Å². The number of anilines is 1. The zero-order valence-electron chi connectivity index (χ0n) is 15.6. The highest BCUT2D eigenvalue weighted by molar-refractivity contribution is 7.22. The number of quaternary nitrogens is 1. The minimum Gasteiger partial charge on any atom is -0.370 e. The van der Waals surface area contributed by atoms with Crippen molar-refractivity contribution in [2.45, 2.75) is 6.42 Å². The number of aromatic nitrogens is 1. The third-order valence-corrected chi connectivity index (χ3v) is 6.01. The minimum atomic E-state index is -0.357. The van der Waals surface area contributed by atoms with E-state index in [0.717, 1.165) is 44.0 Å². The number of nitrogens with zero attached hydrogens (tertiary/aromatic N) is 2. The van der Waals surface area contributed by atoms with E-state index < -0.39 is 0 Å². The molecule has 1 saturated heterocycles. The molecule has 1 aliphatic heterocycles. The van der Waals surface area contributed by atoms with Crippen molar-refractivity contribution in [1.82, 2.24) is 4.98 Å². The molecule has 1 aromatic heterocycles. The Morgan fingerprint density at radius 1 is 1.14 bits per heavy atom. The van der Waals surface area contributed by atoms with Gasteiger partial charge in [-0.2, -0.15) is 0 Å². The van der Waals surface area contributed by atoms with Crippen molar-refractivity contribution >= 4 is 32.6 Å². The van der Waals surface area contributed by atoms with Crippen LogP contribution in [-0.4, -0.2) is 50.3 Å². The molecule has 0 saturated carbocycles. The largest absolute Gasteiger partial charge is 0.370 e. The topological polar surface area (TPSA) is 46.9 Å². The fourth-order valence-corrected chi connectivity index (χ4v) is 4.44. The van der Waals surface area contributed by atoms with Crippen molar-refractivity contribution in [3.8, 4) is 0 Å². The smallest absolute Gasteiger partial charge is 0.260 e. The Balaban J connectivity index is 1.56. The predicted molar refractivity (Wildman–Crippen MR) is 109 cm³/mol. The summed E-state index contributed by atoms with van der Waals surface area (Å²) in [5, 5.41) is 0.547. The molecule has 1 aliphatic rings. The van der Waals surface area contributed by atoms with Crippen molar-refractivity contribution in [2.75, 3.05) is 44.3 Å². The van der Waals surface area contributed by atoms with E-state index in [1.807, 2.05) is 24.3 Å². The van der Waals surface area contributed by atoms with Crippen LogP contribution in [0, 0.1) is 5.82 Å². The van der Waals surface area contributed by atoms with Crippen LogP contribution in [0.25, 0.3) is 10.2 Å². The summed E-state index contributed by atoms with van der Waals surface area (Å²) in [5.74, 6) is -0.457. The van der Waals surface area contributed by atoms with Gasteiger partial charge in [-0.3, -0.25) is 9.69 Å². The van der Waals surface area contributed by atoms with Gasteiger partial charge in [-0.1, -0.05) is 35.6 Å². The molecule has 5 nitrogen and oxygen atoms in total. The van der Waals surface area contributed by atoms with Gasteiger partial charge >= 0.3 is 0 Å². The highest BCUT2D eigenvalue weighted by Gasteiger charge is 2.23. The summed E-state index contributed by atoms with van der Waals surface area (Å²) in [5.41, 5.74) is 0.938. The molecule has 1 amide bonds. The summed E-state index contributed by atoms with van der Waals surface area (Å²) in [7, 11) is 0. The van der Waals surface area contributed by atoms with Crippen LogP contribution in [-0.2, 0) is 4.74 Å². The Morgan fingerprint density at radius 2 is 1.93 bits per heavy atom. The van der Waals surface area contributed by atoms with Crippen molar-refractivity contribution in [3.05, 3.63) is 59.9 Å². The van der Waals surface area contributed by atoms with E-state index in [0.29, 0.717) is 22.8 Å². The lowest BCUT2D eigenvalue weighted by Gasteiger charge is -2.25. The van der Waals surface area contributed by atoms with E-state index in [1.165, 1.54) is 22.3 Å². The number of para-hydroxylation sites is 1. The van der Waals surface area contributed by atoms with Gasteiger partial charge in [0.1, 0.15) is 24.4 Å². The molecule has 28 heavy (non-hydrogen) atoms. The molecule has 1 N–H and O–H groups in total. The number of carbonyl (C=O) groups is 1. The van der Waals surface area contributed by atoms with Gasteiger partial charge in [-0.15, -0.1) is 0 Å². The molecule has 0 unspecified atom stereocenters. The first-order chi connectivity index (χ1) is 13.7. The van der Waals surface area contributed by atoms with Gasteiger partial charge in [0.25, 0.3) is 5.91 Å². The molecule has 3 aromatic rings. The molecule has 146 valence electrons. The average molecular weight is 400 g/mol. The third-order valence-electron chi connectivity index (χ3n) is 4.97. The zero-order chi connectivity index (χ0) is 19.3. The molecule has 0 aliphatic carbocycles. The number of carbonyl (C=O) groups excluding carboxylic acids is 1. The summed E-state index contributed by atoms with van der Waals surface area (Å²) in [6.45, 7) is 5.11. The van der Waals surface area contributed by atoms with E-state index >= 15 is 0 Å². The molecular formula is C21H23FN3O2S+. The summed E-state index contributed by atoms with van der Waals surface area (Å²) in [6.07, 6.45) is 0.853. The van der Waals surface area contributed by atoms with Gasteiger partial charge in [0.2, 0.25) is 0 Å². The minimum absolute atomic E-state index is 0.1000. The number of halogens is 1. The first-order valence-electron chi connectivity index (χ1n) is 9.55. The van der Waals surface area contributed by atoms with Crippen LogP contribution in [0.3, 0.4) is 0 Å². The Labute approximate surface area is 167 Å². The number of rotatable bonds is 6. The van der Waals surface area contributed by atoms with E-state index in [2.05, 4.69) is 4.98 Å². The number of hydrogen-bond acceptors (Lipinski definition) is 4. The highest BCUT2D eigenvalue weighted by Crippen LogP contribution is 2.31. The number of amides is 1. The summed E-state index contributed by atoms with van der Waals surface area (Å²) >= 11 is 1.36. The number of fused-ring (bicyclic) bond motifs is 1. The second-order valence-corrected chi connectivity index (χ2v) is 7.88. The summed E-state index contributed by atoms with van der Waals surface area (Å²) < 4.78 is 20.3. The van der Waals surface area contributed by atoms with Crippen molar-refractivity contribution < 1.29 is 18.8 Å². The molecule has 0 spiro atoms. The maximum Gasteiger partial charge on any atom is 0.260 e. The molecular weight excluding hydrogens is 377 g/mol. The monoisotopic (exact) mass is 400 g/mol. The number of hydrogen-bond donors (Lipinski definition) is 1. The lowest BCUT2D eigenvalue weighted by atomic mass is 10.2. The molecule has 1 fully saturated rings. The third kappa shape index (κ3) is 4.22. The van der Waals surface area contributed by atoms with Gasteiger partial charge in [-0.25, -0.2) is 9.37 Å². The zero-order valence-corrected chi connectivity index (χ0v) is 16.4. The van der Waals surface area contributed by atoms with Crippen LogP contribution in [0.5, 0.6) is 0 Å². The number of ether oxygens (including phenoxy) is 1. The number of nitrogens with one attached hydrogen (secondary N) is 1. The Morgan fingerprint density at radius 3 is 2.68 bits per heavy atom. The van der Waals surface area contributed by atoms with E-state index in [4.69, 9.17) is 4.74 Å². The number of thiazole rings is 1. The predicted octanol–water partition coefficient (Wildman–Crippen LogP) is 2.39. The molecule has 4 rings (SSSR count). The standard InChI is InChI=1S/C21H22FN3O2S/c22-17-8-4-9-18-19(17)23-21(28-18)25(20(26)16-6-2-1-3-7-16)11-5-10-24-12-14-27-15-13-24/h1-4,6-9H,5,10-15H2/p+1. The van der Waals surface area contributed by atoms with Gasteiger partial charge in [-0.05, 0) is 24.3 Å².